The number of para-hydroxylation sites is 2. The van der Waals surface area contributed by atoms with Crippen molar-refractivity contribution in [3.8, 4) is 23.1 Å². The average molecular weight is 426 g/mol. The Bertz CT molecular complexity index is 858. The average Bonchev–Trinajstić information content (AvgIpc) is 2.61. The van der Waals surface area contributed by atoms with Crippen LogP contribution in [0.1, 0.15) is 0 Å². The van der Waals surface area contributed by atoms with Crippen LogP contribution in [0.2, 0.25) is 0 Å². The highest BCUT2D eigenvalue weighted by molar-refractivity contribution is 7.60. The van der Waals surface area contributed by atoms with E-state index in [1.807, 2.05) is 0 Å². The molecule has 0 saturated carbocycles. The Morgan fingerprint density at radius 3 is 1.46 bits per heavy atom. The third kappa shape index (κ3) is 4.98. The number of hydrogen-bond donors (Lipinski definition) is 0. The summed E-state index contributed by atoms with van der Waals surface area (Å²) in [6, 6.07) is 13.6. The molecule has 11 heteroatoms. The van der Waals surface area contributed by atoms with E-state index in [1.165, 1.54) is 60.7 Å². The van der Waals surface area contributed by atoms with Gasteiger partial charge in [-0.2, -0.15) is 30.7 Å². The highest BCUT2D eigenvalue weighted by atomic mass is 31.2. The monoisotopic (exact) mass is 426 g/mol. The molecule has 3 nitrogen and oxygen atoms in total. The second-order valence-corrected chi connectivity index (χ2v) is 6.77. The first-order valence-corrected chi connectivity index (χ1v) is 8.87. The van der Waals surface area contributed by atoms with Crippen LogP contribution in [0, 0.1) is 11.6 Å². The summed E-state index contributed by atoms with van der Waals surface area (Å²) in [5, 5.41) is 0. The normalized spacial score (nSPS) is 12.7. The minimum atomic E-state index is -6.57. The van der Waals surface area contributed by atoms with Crippen LogP contribution in [0.3, 0.4) is 0 Å². The first-order valence-electron chi connectivity index (χ1n) is 7.32. The summed E-state index contributed by atoms with van der Waals surface area (Å²) in [6.07, 6.45) is -6.57. The fraction of sp³-hybridized carbons (Fsp3) is 0.176. The van der Waals surface area contributed by atoms with Gasteiger partial charge in [0.05, 0.1) is 5.66 Å². The van der Waals surface area contributed by atoms with Crippen molar-refractivity contribution < 1.29 is 44.3 Å². The Kier molecular flexibility index (Phi) is 6.00. The molecule has 0 atom stereocenters. The lowest BCUT2D eigenvalue weighted by molar-refractivity contribution is -0.339. The standard InChI is InChI=1S/C17H10F7O3P/c18-15(19,16(20,21)17(22,23)24)11-12-28(25,26-13-7-3-1-4-8-13)27-14-9-5-2-6-10-14/h1-10H. The van der Waals surface area contributed by atoms with E-state index in [1.54, 1.807) is 0 Å². The van der Waals surface area contributed by atoms with Crippen molar-refractivity contribution >= 4 is 7.60 Å². The van der Waals surface area contributed by atoms with Crippen LogP contribution < -0.4 is 9.05 Å². The highest BCUT2D eigenvalue weighted by Crippen LogP contribution is 2.50. The van der Waals surface area contributed by atoms with Crippen molar-refractivity contribution in [3.63, 3.8) is 0 Å². The van der Waals surface area contributed by atoms with E-state index in [2.05, 4.69) is 0 Å². The smallest absolute Gasteiger partial charge is 0.407 e. The SMILES string of the molecule is O=P(C#CC(F)(F)C(F)(F)C(F)(F)F)(Oc1ccccc1)Oc1ccccc1. The van der Waals surface area contributed by atoms with E-state index in [0.29, 0.717) is 5.92 Å². The maximum Gasteiger partial charge on any atom is 0.509 e. The summed E-state index contributed by atoms with van der Waals surface area (Å²) >= 11 is 0. The Balaban J connectivity index is 2.43. The van der Waals surface area contributed by atoms with E-state index in [0.717, 1.165) is 5.66 Å². The van der Waals surface area contributed by atoms with Gasteiger partial charge in [-0.3, -0.25) is 0 Å². The Labute approximate surface area is 154 Å². The van der Waals surface area contributed by atoms with E-state index >= 15 is 0 Å². The van der Waals surface area contributed by atoms with Gasteiger partial charge in [-0.15, -0.1) is 0 Å². The number of benzene rings is 2. The zero-order valence-electron chi connectivity index (χ0n) is 13.6. The largest absolute Gasteiger partial charge is 0.509 e. The van der Waals surface area contributed by atoms with Crippen molar-refractivity contribution in [2.45, 2.75) is 18.0 Å². The summed E-state index contributed by atoms with van der Waals surface area (Å²) in [7, 11) is -4.92. The van der Waals surface area contributed by atoms with Crippen molar-refractivity contribution in [3.05, 3.63) is 60.7 Å². The molecule has 150 valence electrons. The van der Waals surface area contributed by atoms with Gasteiger partial charge in [-0.1, -0.05) is 36.4 Å². The van der Waals surface area contributed by atoms with E-state index in [4.69, 9.17) is 9.05 Å². The molecule has 0 bridgehead atoms. The molecule has 0 aromatic heterocycles. The summed E-state index contributed by atoms with van der Waals surface area (Å²) in [6.45, 7) is 0. The highest BCUT2D eigenvalue weighted by Gasteiger charge is 2.72. The zero-order valence-corrected chi connectivity index (χ0v) is 14.5. The minimum absolute atomic E-state index is 0.193. The van der Waals surface area contributed by atoms with Gasteiger partial charge in [0.15, 0.2) is 0 Å². The molecule has 0 heterocycles. The molecule has 0 saturated heterocycles. The second-order valence-electron chi connectivity index (χ2n) is 5.19. The second kappa shape index (κ2) is 7.76. The van der Waals surface area contributed by atoms with E-state index < -0.39 is 25.6 Å². The third-order valence-electron chi connectivity index (χ3n) is 3.04. The molecule has 2 rings (SSSR count). The van der Waals surface area contributed by atoms with Gasteiger partial charge in [0.25, 0.3) is 0 Å². The molecule has 2 aromatic carbocycles. The Morgan fingerprint density at radius 2 is 1.11 bits per heavy atom. The van der Waals surface area contributed by atoms with Crippen LogP contribution >= 0.6 is 7.60 Å². The topological polar surface area (TPSA) is 35.5 Å². The van der Waals surface area contributed by atoms with Crippen LogP contribution in [-0.2, 0) is 4.57 Å². The predicted molar refractivity (Wildman–Crippen MR) is 85.5 cm³/mol. The van der Waals surface area contributed by atoms with Crippen LogP contribution in [0.5, 0.6) is 11.5 Å². The third-order valence-corrected chi connectivity index (χ3v) is 4.33. The van der Waals surface area contributed by atoms with Gasteiger partial charge < -0.3 is 9.05 Å². The molecule has 0 aliphatic carbocycles. The van der Waals surface area contributed by atoms with Gasteiger partial charge in [0.2, 0.25) is 0 Å². The molecule has 28 heavy (non-hydrogen) atoms. The predicted octanol–water partition coefficient (Wildman–Crippen LogP) is 6.13. The number of rotatable bonds is 5. The fourth-order valence-electron chi connectivity index (χ4n) is 1.70. The number of alkyl halides is 7. The van der Waals surface area contributed by atoms with Gasteiger partial charge in [0.1, 0.15) is 11.5 Å². The summed E-state index contributed by atoms with van der Waals surface area (Å²) in [5.74, 6) is -12.3. The van der Waals surface area contributed by atoms with Crippen molar-refractivity contribution in [1.29, 1.82) is 0 Å². The van der Waals surface area contributed by atoms with Gasteiger partial charge in [0, 0.05) is 0 Å². The lowest BCUT2D eigenvalue weighted by Crippen LogP contribution is -2.51. The molecule has 0 radical (unpaired) electrons. The minimum Gasteiger partial charge on any atom is -0.407 e. The maximum atomic E-state index is 13.4. The van der Waals surface area contributed by atoms with Gasteiger partial charge in [-0.25, -0.2) is 4.57 Å². The Morgan fingerprint density at radius 1 is 0.714 bits per heavy atom. The van der Waals surface area contributed by atoms with Gasteiger partial charge >= 0.3 is 25.6 Å². The molecule has 0 aliphatic heterocycles. The Hall–Kier alpha value is -2.66. The van der Waals surface area contributed by atoms with Crippen molar-refractivity contribution in [2.24, 2.45) is 0 Å². The molecule has 0 spiro atoms. The van der Waals surface area contributed by atoms with Gasteiger partial charge in [-0.05, 0) is 30.2 Å². The zero-order chi connectivity index (χ0) is 21.1. The van der Waals surface area contributed by atoms with E-state index in [9.17, 15) is 35.3 Å². The van der Waals surface area contributed by atoms with E-state index in [-0.39, 0.29) is 11.5 Å². The molecule has 2 aromatic rings. The summed E-state index contributed by atoms with van der Waals surface area (Å²) in [5.41, 5.74) is 1.14. The maximum absolute atomic E-state index is 13.4. The van der Waals surface area contributed by atoms with Crippen molar-refractivity contribution in [2.75, 3.05) is 0 Å². The number of hydrogen-bond acceptors (Lipinski definition) is 3. The lowest BCUT2D eigenvalue weighted by atomic mass is 10.2. The number of halogens is 7. The molecule has 0 fully saturated rings. The quantitative estimate of drug-likeness (QED) is 0.328. The van der Waals surface area contributed by atoms with Crippen LogP contribution in [0.25, 0.3) is 0 Å². The first-order chi connectivity index (χ1) is 12.9. The molecule has 0 aliphatic rings. The lowest BCUT2D eigenvalue weighted by Gasteiger charge is -2.24. The molecule has 0 amide bonds. The molecule has 0 unspecified atom stereocenters. The first kappa shape index (κ1) is 21.6. The summed E-state index contributed by atoms with van der Waals surface area (Å²) in [4.78, 5) is 0. The fourth-order valence-corrected chi connectivity index (χ4v) is 2.90. The molecular formula is C17H10F7O3P. The molecule has 0 N–H and O–H groups in total. The summed E-state index contributed by atoms with van der Waals surface area (Å²) < 4.78 is 112. The van der Waals surface area contributed by atoms with Crippen LogP contribution in [0.15, 0.2) is 60.7 Å². The molecular weight excluding hydrogens is 416 g/mol. The van der Waals surface area contributed by atoms with Crippen LogP contribution in [-0.4, -0.2) is 18.0 Å². The van der Waals surface area contributed by atoms with Crippen LogP contribution in [0.4, 0.5) is 30.7 Å². The van der Waals surface area contributed by atoms with Crippen molar-refractivity contribution in [1.82, 2.24) is 0 Å².